The second-order valence-corrected chi connectivity index (χ2v) is 4.88. The third-order valence-corrected chi connectivity index (χ3v) is 3.32. The Morgan fingerprint density at radius 2 is 1.90 bits per heavy atom. The van der Waals surface area contributed by atoms with Crippen LogP contribution in [0.5, 0.6) is 0 Å². The van der Waals surface area contributed by atoms with Gasteiger partial charge in [0.2, 0.25) is 0 Å². The van der Waals surface area contributed by atoms with Gasteiger partial charge in [-0.05, 0) is 42.8 Å². The summed E-state index contributed by atoms with van der Waals surface area (Å²) < 4.78 is 5.76. The van der Waals surface area contributed by atoms with E-state index in [0.717, 1.165) is 23.5 Å². The van der Waals surface area contributed by atoms with Gasteiger partial charge in [0.15, 0.2) is 0 Å². The lowest BCUT2D eigenvalue weighted by molar-refractivity contribution is 0.235. The topological polar surface area (TPSA) is 45.4 Å². The van der Waals surface area contributed by atoms with Crippen LogP contribution in [0.25, 0.3) is 11.3 Å². The summed E-state index contributed by atoms with van der Waals surface area (Å²) >= 11 is 5.86. The van der Waals surface area contributed by atoms with Gasteiger partial charge in [-0.25, -0.2) is 0 Å². The Kier molecular flexibility index (Phi) is 7.10. The van der Waals surface area contributed by atoms with Gasteiger partial charge >= 0.3 is 0 Å². The Bertz CT molecular complexity index is 507. The summed E-state index contributed by atoms with van der Waals surface area (Å²) in [7, 11) is 0. The van der Waals surface area contributed by atoms with Gasteiger partial charge in [-0.15, -0.1) is 12.4 Å². The molecule has 0 aliphatic carbocycles. The van der Waals surface area contributed by atoms with Crippen LogP contribution in [-0.2, 0) is 6.54 Å². The minimum atomic E-state index is 0. The molecule has 1 aromatic heterocycles. The Labute approximate surface area is 130 Å². The summed E-state index contributed by atoms with van der Waals surface area (Å²) in [6, 6.07) is 11.6. The number of nitrogens with one attached hydrogen (secondary N) is 1. The number of hydrogen-bond acceptors (Lipinski definition) is 3. The van der Waals surface area contributed by atoms with Gasteiger partial charge < -0.3 is 14.8 Å². The number of furan rings is 1. The van der Waals surface area contributed by atoms with E-state index < -0.39 is 0 Å². The first-order valence-corrected chi connectivity index (χ1v) is 6.79. The number of aliphatic hydroxyl groups excluding tert-OH is 1. The van der Waals surface area contributed by atoms with Crippen LogP contribution in [0, 0.1) is 0 Å². The smallest absolute Gasteiger partial charge is 0.134 e. The average molecular weight is 316 g/mol. The van der Waals surface area contributed by atoms with Crippen molar-refractivity contribution in [1.29, 1.82) is 0 Å². The number of aliphatic hydroxyl groups is 1. The van der Waals surface area contributed by atoms with E-state index in [1.807, 2.05) is 43.3 Å². The molecule has 2 aromatic rings. The summed E-state index contributed by atoms with van der Waals surface area (Å²) in [6.07, 6.45) is 0.890. The first kappa shape index (κ1) is 17.1. The molecule has 0 fully saturated rings. The van der Waals surface area contributed by atoms with E-state index in [4.69, 9.17) is 21.1 Å². The number of benzene rings is 1. The van der Waals surface area contributed by atoms with Gasteiger partial charge in [0.1, 0.15) is 11.5 Å². The van der Waals surface area contributed by atoms with Gasteiger partial charge in [-0.2, -0.15) is 0 Å². The normalized spacial score (nSPS) is 11.9. The molecule has 0 amide bonds. The van der Waals surface area contributed by atoms with E-state index in [1.54, 1.807) is 0 Å². The molecule has 1 unspecified atom stereocenters. The Hall–Kier alpha value is -1.00. The van der Waals surface area contributed by atoms with Crippen molar-refractivity contribution in [2.45, 2.75) is 25.9 Å². The van der Waals surface area contributed by atoms with Gasteiger partial charge in [-0.1, -0.05) is 18.5 Å². The highest BCUT2D eigenvalue weighted by atomic mass is 35.5. The fraction of sp³-hybridized carbons (Fsp3) is 0.333. The average Bonchev–Trinajstić information content (AvgIpc) is 2.89. The van der Waals surface area contributed by atoms with Crippen molar-refractivity contribution >= 4 is 24.0 Å². The summed E-state index contributed by atoms with van der Waals surface area (Å²) in [5.41, 5.74) is 1.00. The number of halogens is 2. The van der Waals surface area contributed by atoms with Crippen molar-refractivity contribution in [2.24, 2.45) is 0 Å². The maximum absolute atomic E-state index is 9.11. The minimum Gasteiger partial charge on any atom is -0.460 e. The monoisotopic (exact) mass is 315 g/mol. The lowest BCUT2D eigenvalue weighted by Gasteiger charge is -2.12. The van der Waals surface area contributed by atoms with Crippen LogP contribution in [0.2, 0.25) is 5.02 Å². The van der Waals surface area contributed by atoms with E-state index in [-0.39, 0.29) is 25.1 Å². The van der Waals surface area contributed by atoms with E-state index in [2.05, 4.69) is 5.32 Å². The highest BCUT2D eigenvalue weighted by molar-refractivity contribution is 6.30. The molecule has 0 aliphatic heterocycles. The highest BCUT2D eigenvalue weighted by Gasteiger charge is 2.07. The Balaban J connectivity index is 0.00000200. The second-order valence-electron chi connectivity index (χ2n) is 4.44. The molecule has 1 atom stereocenters. The lowest BCUT2D eigenvalue weighted by atomic mass is 10.2. The Morgan fingerprint density at radius 3 is 2.50 bits per heavy atom. The molecule has 0 radical (unpaired) electrons. The summed E-state index contributed by atoms with van der Waals surface area (Å²) in [6.45, 7) is 2.79. The van der Waals surface area contributed by atoms with Crippen molar-refractivity contribution in [3.8, 4) is 11.3 Å². The summed E-state index contributed by atoms with van der Waals surface area (Å²) in [5, 5.41) is 13.1. The van der Waals surface area contributed by atoms with Crippen molar-refractivity contribution in [3.05, 3.63) is 47.2 Å². The predicted octanol–water partition coefficient (Wildman–Crippen LogP) is 3.88. The molecule has 5 heteroatoms. The zero-order chi connectivity index (χ0) is 13.7. The van der Waals surface area contributed by atoms with Gasteiger partial charge in [0.25, 0.3) is 0 Å². The number of rotatable bonds is 6. The van der Waals surface area contributed by atoms with E-state index in [1.165, 1.54) is 0 Å². The van der Waals surface area contributed by atoms with Crippen LogP contribution in [0.3, 0.4) is 0 Å². The third kappa shape index (κ3) is 4.53. The first-order chi connectivity index (χ1) is 9.22. The standard InChI is InChI=1S/C15H18ClNO2.ClH/c1-2-13(10-18)17-9-14-7-8-15(19-14)11-3-5-12(16)6-4-11;/h3-8,13,17-18H,2,9-10H2,1H3;1H. The van der Waals surface area contributed by atoms with Crippen LogP contribution in [-0.4, -0.2) is 17.8 Å². The molecular weight excluding hydrogens is 297 g/mol. The molecule has 1 heterocycles. The van der Waals surface area contributed by atoms with E-state index in [9.17, 15) is 0 Å². The van der Waals surface area contributed by atoms with Crippen LogP contribution in [0.1, 0.15) is 19.1 Å². The van der Waals surface area contributed by atoms with Crippen molar-refractivity contribution in [1.82, 2.24) is 5.32 Å². The van der Waals surface area contributed by atoms with Crippen LogP contribution in [0.4, 0.5) is 0 Å². The molecule has 0 bridgehead atoms. The molecule has 1 aromatic carbocycles. The van der Waals surface area contributed by atoms with E-state index >= 15 is 0 Å². The second kappa shape index (κ2) is 8.32. The zero-order valence-electron chi connectivity index (χ0n) is 11.3. The molecule has 0 saturated carbocycles. The molecule has 110 valence electrons. The maximum atomic E-state index is 9.11. The molecule has 0 aliphatic rings. The maximum Gasteiger partial charge on any atom is 0.134 e. The van der Waals surface area contributed by atoms with Gasteiger partial charge in [0.05, 0.1) is 13.2 Å². The summed E-state index contributed by atoms with van der Waals surface area (Å²) in [5.74, 6) is 1.68. The van der Waals surface area contributed by atoms with Crippen molar-refractivity contribution in [3.63, 3.8) is 0 Å². The fourth-order valence-electron chi connectivity index (χ4n) is 1.83. The summed E-state index contributed by atoms with van der Waals surface area (Å²) in [4.78, 5) is 0. The van der Waals surface area contributed by atoms with Crippen LogP contribution >= 0.6 is 24.0 Å². The Morgan fingerprint density at radius 1 is 1.20 bits per heavy atom. The van der Waals surface area contributed by atoms with Gasteiger partial charge in [-0.3, -0.25) is 0 Å². The molecule has 0 spiro atoms. The molecule has 2 N–H and O–H groups in total. The highest BCUT2D eigenvalue weighted by Crippen LogP contribution is 2.23. The van der Waals surface area contributed by atoms with E-state index in [0.29, 0.717) is 11.6 Å². The van der Waals surface area contributed by atoms with Crippen molar-refractivity contribution in [2.75, 3.05) is 6.61 Å². The van der Waals surface area contributed by atoms with Crippen molar-refractivity contribution < 1.29 is 9.52 Å². The molecule has 3 nitrogen and oxygen atoms in total. The fourth-order valence-corrected chi connectivity index (χ4v) is 1.95. The zero-order valence-corrected chi connectivity index (χ0v) is 12.9. The number of hydrogen-bond donors (Lipinski definition) is 2. The first-order valence-electron chi connectivity index (χ1n) is 6.41. The SMILES string of the molecule is CCC(CO)NCc1ccc(-c2ccc(Cl)cc2)o1.Cl. The molecule has 0 saturated heterocycles. The molecule has 20 heavy (non-hydrogen) atoms. The predicted molar refractivity (Wildman–Crippen MR) is 84.4 cm³/mol. The third-order valence-electron chi connectivity index (χ3n) is 3.07. The molecular formula is C15H19Cl2NO2. The largest absolute Gasteiger partial charge is 0.460 e. The van der Waals surface area contributed by atoms with Crippen LogP contribution < -0.4 is 5.32 Å². The lowest BCUT2D eigenvalue weighted by Crippen LogP contribution is -2.30. The molecule has 2 rings (SSSR count). The quantitative estimate of drug-likeness (QED) is 0.850. The van der Waals surface area contributed by atoms with Crippen LogP contribution in [0.15, 0.2) is 40.8 Å². The minimum absolute atomic E-state index is 0. The van der Waals surface area contributed by atoms with Gasteiger partial charge in [0, 0.05) is 16.6 Å².